The van der Waals surface area contributed by atoms with Crippen molar-refractivity contribution >= 4 is 15.9 Å². The molecule has 1 rings (SSSR count). The zero-order chi connectivity index (χ0) is 10.1. The SMILES string of the molecule is OC1=CC(C(F)(F)F)=CC(CBr)O1. The fourth-order valence-electron chi connectivity index (χ4n) is 0.857. The molecule has 0 aliphatic carbocycles. The van der Waals surface area contributed by atoms with Crippen LogP contribution < -0.4 is 0 Å². The van der Waals surface area contributed by atoms with Crippen molar-refractivity contribution in [3.8, 4) is 0 Å². The van der Waals surface area contributed by atoms with E-state index in [9.17, 15) is 13.2 Å². The van der Waals surface area contributed by atoms with Gasteiger partial charge in [0.1, 0.15) is 6.10 Å². The van der Waals surface area contributed by atoms with Gasteiger partial charge in [0.15, 0.2) is 0 Å². The van der Waals surface area contributed by atoms with E-state index in [1.54, 1.807) is 0 Å². The molecule has 1 aliphatic rings. The van der Waals surface area contributed by atoms with Crippen molar-refractivity contribution in [1.29, 1.82) is 0 Å². The largest absolute Gasteiger partial charge is 0.481 e. The highest BCUT2D eigenvalue weighted by Crippen LogP contribution is 2.30. The minimum Gasteiger partial charge on any atom is -0.481 e. The number of hydrogen-bond donors (Lipinski definition) is 1. The van der Waals surface area contributed by atoms with E-state index in [-0.39, 0.29) is 5.33 Å². The van der Waals surface area contributed by atoms with Gasteiger partial charge in [-0.25, -0.2) is 0 Å². The number of halogens is 4. The summed E-state index contributed by atoms with van der Waals surface area (Å²) >= 11 is 2.96. The van der Waals surface area contributed by atoms with Gasteiger partial charge in [0.05, 0.1) is 5.57 Å². The number of allylic oxidation sites excluding steroid dienone is 2. The molecule has 0 spiro atoms. The Morgan fingerprint density at radius 2 is 2.15 bits per heavy atom. The normalized spacial score (nSPS) is 23.2. The van der Waals surface area contributed by atoms with Crippen LogP contribution in [0.3, 0.4) is 0 Å². The lowest BCUT2D eigenvalue weighted by Gasteiger charge is -2.19. The molecule has 0 aromatic rings. The van der Waals surface area contributed by atoms with Crippen molar-refractivity contribution in [3.05, 3.63) is 23.7 Å². The summed E-state index contributed by atoms with van der Waals surface area (Å²) in [6.07, 6.45) is -3.76. The topological polar surface area (TPSA) is 29.5 Å². The lowest BCUT2D eigenvalue weighted by Crippen LogP contribution is -2.21. The summed E-state index contributed by atoms with van der Waals surface area (Å²) in [5.74, 6) is -0.709. The van der Waals surface area contributed by atoms with Crippen LogP contribution >= 0.6 is 15.9 Å². The number of aliphatic hydroxyl groups excluding tert-OH is 1. The first kappa shape index (κ1) is 10.4. The molecule has 0 aromatic heterocycles. The van der Waals surface area contributed by atoms with E-state index < -0.39 is 23.8 Å². The summed E-state index contributed by atoms with van der Waals surface area (Å²) < 4.78 is 41.0. The summed E-state index contributed by atoms with van der Waals surface area (Å²) in [7, 11) is 0. The molecule has 1 N–H and O–H groups in total. The van der Waals surface area contributed by atoms with Crippen LogP contribution in [0.4, 0.5) is 13.2 Å². The Balaban J connectivity index is 2.89. The maximum Gasteiger partial charge on any atom is 0.416 e. The maximum atomic E-state index is 12.1. The van der Waals surface area contributed by atoms with Crippen molar-refractivity contribution in [2.75, 3.05) is 5.33 Å². The summed E-state index contributed by atoms with van der Waals surface area (Å²) in [6.45, 7) is 0. The Kier molecular flexibility index (Phi) is 2.90. The molecule has 0 radical (unpaired) electrons. The lowest BCUT2D eigenvalue weighted by molar-refractivity contribution is -0.0918. The third-order valence-corrected chi connectivity index (χ3v) is 2.03. The van der Waals surface area contributed by atoms with Gasteiger partial charge in [-0.1, -0.05) is 15.9 Å². The average molecular weight is 259 g/mol. The van der Waals surface area contributed by atoms with Gasteiger partial charge in [0.25, 0.3) is 5.95 Å². The van der Waals surface area contributed by atoms with Crippen molar-refractivity contribution in [2.24, 2.45) is 0 Å². The molecule has 1 unspecified atom stereocenters. The summed E-state index contributed by atoms with van der Waals surface area (Å²) in [6, 6.07) is 0. The molecular weight excluding hydrogens is 253 g/mol. The van der Waals surface area contributed by atoms with E-state index in [2.05, 4.69) is 20.7 Å². The molecule has 0 bridgehead atoms. The Labute approximate surface area is 80.8 Å². The highest BCUT2D eigenvalue weighted by Gasteiger charge is 2.35. The van der Waals surface area contributed by atoms with E-state index in [1.165, 1.54) is 0 Å². The first-order valence-corrected chi connectivity index (χ1v) is 4.48. The molecule has 0 amide bonds. The second kappa shape index (κ2) is 3.61. The zero-order valence-electron chi connectivity index (χ0n) is 6.31. The lowest BCUT2D eigenvalue weighted by atomic mass is 10.1. The first-order valence-electron chi connectivity index (χ1n) is 3.36. The number of ether oxygens (including phenoxy) is 1. The molecule has 1 aliphatic heterocycles. The molecule has 6 heteroatoms. The molecule has 0 fully saturated rings. The van der Waals surface area contributed by atoms with E-state index in [4.69, 9.17) is 5.11 Å². The molecule has 0 saturated carbocycles. The van der Waals surface area contributed by atoms with Crippen LogP contribution in [0.2, 0.25) is 0 Å². The van der Waals surface area contributed by atoms with Gasteiger partial charge in [-0.05, 0) is 6.08 Å². The minimum atomic E-state index is -4.45. The molecular formula is C7H6BrF3O2. The maximum absolute atomic E-state index is 12.1. The van der Waals surface area contributed by atoms with E-state index >= 15 is 0 Å². The smallest absolute Gasteiger partial charge is 0.416 e. The number of alkyl halides is 4. The minimum absolute atomic E-state index is 0.199. The molecule has 1 heterocycles. The summed E-state index contributed by atoms with van der Waals surface area (Å²) in [5.41, 5.74) is -0.888. The Morgan fingerprint density at radius 3 is 2.62 bits per heavy atom. The van der Waals surface area contributed by atoms with E-state index in [0.29, 0.717) is 6.08 Å². The van der Waals surface area contributed by atoms with E-state index in [0.717, 1.165) is 6.08 Å². The van der Waals surface area contributed by atoms with Crippen LogP contribution in [0, 0.1) is 0 Å². The second-order valence-corrected chi connectivity index (χ2v) is 3.06. The fourth-order valence-corrected chi connectivity index (χ4v) is 1.18. The van der Waals surface area contributed by atoms with Gasteiger partial charge in [-0.3, -0.25) is 0 Å². The average Bonchev–Trinajstić information content (AvgIpc) is 2.01. The van der Waals surface area contributed by atoms with Crippen molar-refractivity contribution in [1.82, 2.24) is 0 Å². The molecule has 0 saturated heterocycles. The number of rotatable bonds is 1. The van der Waals surface area contributed by atoms with Gasteiger partial charge in [0.2, 0.25) is 0 Å². The first-order chi connectivity index (χ1) is 5.93. The van der Waals surface area contributed by atoms with Crippen molar-refractivity contribution in [2.45, 2.75) is 12.3 Å². The predicted molar refractivity (Wildman–Crippen MR) is 43.5 cm³/mol. The van der Waals surface area contributed by atoms with Crippen molar-refractivity contribution in [3.63, 3.8) is 0 Å². The second-order valence-electron chi connectivity index (χ2n) is 2.41. The molecule has 2 nitrogen and oxygen atoms in total. The van der Waals surface area contributed by atoms with Crippen LogP contribution in [-0.2, 0) is 4.74 Å². The van der Waals surface area contributed by atoms with Gasteiger partial charge in [-0.2, -0.15) is 13.2 Å². The van der Waals surface area contributed by atoms with Crippen LogP contribution in [0.15, 0.2) is 23.7 Å². The van der Waals surface area contributed by atoms with Gasteiger partial charge in [0, 0.05) is 11.4 Å². The molecule has 74 valence electrons. The quantitative estimate of drug-likeness (QED) is 0.733. The zero-order valence-corrected chi connectivity index (χ0v) is 7.89. The molecule has 1 atom stereocenters. The van der Waals surface area contributed by atoms with Crippen LogP contribution in [0.5, 0.6) is 0 Å². The highest BCUT2D eigenvalue weighted by atomic mass is 79.9. The van der Waals surface area contributed by atoms with Gasteiger partial charge >= 0.3 is 6.18 Å². The Hall–Kier alpha value is -0.650. The Morgan fingerprint density at radius 1 is 1.54 bits per heavy atom. The van der Waals surface area contributed by atoms with Gasteiger partial charge in [-0.15, -0.1) is 0 Å². The molecule has 0 aromatic carbocycles. The Bertz CT molecular complexity index is 257. The predicted octanol–water partition coefficient (Wildman–Crippen LogP) is 2.67. The third kappa shape index (κ3) is 2.65. The van der Waals surface area contributed by atoms with E-state index in [1.807, 2.05) is 0 Å². The van der Waals surface area contributed by atoms with Gasteiger partial charge < -0.3 is 9.84 Å². The standard InChI is InChI=1S/C7H6BrF3O2/c8-3-5-1-4(7(9,10)11)2-6(12)13-5/h1-2,5,12H,3H2. The van der Waals surface area contributed by atoms with Crippen LogP contribution in [-0.4, -0.2) is 22.7 Å². The highest BCUT2D eigenvalue weighted by molar-refractivity contribution is 9.09. The molecule has 13 heavy (non-hydrogen) atoms. The van der Waals surface area contributed by atoms with Crippen molar-refractivity contribution < 1.29 is 23.0 Å². The summed E-state index contributed by atoms with van der Waals surface area (Å²) in [5, 5.41) is 9.02. The fraction of sp³-hybridized carbons (Fsp3) is 0.429. The third-order valence-electron chi connectivity index (χ3n) is 1.40. The van der Waals surface area contributed by atoms with Crippen LogP contribution in [0.25, 0.3) is 0 Å². The van der Waals surface area contributed by atoms with Crippen LogP contribution in [0.1, 0.15) is 0 Å². The number of hydrogen-bond acceptors (Lipinski definition) is 2. The number of aliphatic hydroxyl groups is 1. The monoisotopic (exact) mass is 258 g/mol. The summed E-state index contributed by atoms with van der Waals surface area (Å²) in [4.78, 5) is 0.